The van der Waals surface area contributed by atoms with Crippen molar-refractivity contribution in [2.75, 3.05) is 31.7 Å². The summed E-state index contributed by atoms with van der Waals surface area (Å²) in [4.78, 5) is 28.8. The van der Waals surface area contributed by atoms with E-state index in [2.05, 4.69) is 0 Å². The third-order valence-corrected chi connectivity index (χ3v) is 5.03. The normalized spacial score (nSPS) is 16.9. The van der Waals surface area contributed by atoms with Crippen LogP contribution < -0.4 is 14.4 Å². The second-order valence-electron chi connectivity index (χ2n) is 6.67. The lowest BCUT2D eigenvalue weighted by Gasteiger charge is -2.39. The Bertz CT molecular complexity index is 869. The molecule has 1 fully saturated rings. The minimum atomic E-state index is -0.583. The van der Waals surface area contributed by atoms with Crippen LogP contribution in [0.5, 0.6) is 11.5 Å². The fraction of sp³-hybridized carbons (Fsp3) is 0.333. The van der Waals surface area contributed by atoms with E-state index >= 15 is 0 Å². The van der Waals surface area contributed by atoms with Crippen LogP contribution in [0.25, 0.3) is 0 Å². The Balaban J connectivity index is 1.68. The molecule has 7 heteroatoms. The van der Waals surface area contributed by atoms with Crippen LogP contribution in [-0.2, 0) is 9.59 Å². The summed E-state index contributed by atoms with van der Waals surface area (Å²) in [5.41, 5.74) is 1.76. The van der Waals surface area contributed by atoms with Crippen LogP contribution in [0.2, 0.25) is 5.02 Å². The van der Waals surface area contributed by atoms with E-state index in [9.17, 15) is 9.59 Å². The molecule has 6 nitrogen and oxygen atoms in total. The highest BCUT2D eigenvalue weighted by molar-refractivity contribution is 6.30. The minimum absolute atomic E-state index is 0.132. The average Bonchev–Trinajstić information content (AvgIpc) is 2.69. The molecular formula is C21H23ClN2O4. The second-order valence-corrected chi connectivity index (χ2v) is 7.11. The maximum atomic E-state index is 13.0. The van der Waals surface area contributed by atoms with E-state index in [0.29, 0.717) is 29.6 Å². The van der Waals surface area contributed by atoms with Gasteiger partial charge in [0.2, 0.25) is 5.91 Å². The highest BCUT2D eigenvalue weighted by atomic mass is 35.5. The van der Waals surface area contributed by atoms with Crippen molar-refractivity contribution in [3.8, 4) is 11.5 Å². The molecule has 148 valence electrons. The monoisotopic (exact) mass is 402 g/mol. The standard InChI is InChI=1S/C21H23ClN2O4/c1-14-4-9-19(27-3)18(12-14)24-11-10-23(15(2)21(24)26)20(25)13-28-17-7-5-16(22)6-8-17/h4-9,12,15H,10-11,13H2,1-3H3. The van der Waals surface area contributed by atoms with E-state index in [1.807, 2.05) is 25.1 Å². The van der Waals surface area contributed by atoms with Crippen molar-refractivity contribution in [2.24, 2.45) is 0 Å². The number of anilines is 1. The summed E-state index contributed by atoms with van der Waals surface area (Å²) in [6.45, 7) is 4.39. The summed E-state index contributed by atoms with van der Waals surface area (Å²) in [6.07, 6.45) is 0. The molecule has 3 rings (SSSR count). The molecule has 0 radical (unpaired) electrons. The molecule has 0 spiro atoms. The Kier molecular flexibility index (Phi) is 6.09. The summed E-state index contributed by atoms with van der Waals surface area (Å²) in [5, 5.41) is 0.598. The molecule has 1 aliphatic rings. The van der Waals surface area contributed by atoms with Gasteiger partial charge in [0.15, 0.2) is 6.61 Å². The van der Waals surface area contributed by atoms with Crippen LogP contribution in [0.3, 0.4) is 0 Å². The van der Waals surface area contributed by atoms with Crippen molar-refractivity contribution in [3.63, 3.8) is 0 Å². The third kappa shape index (κ3) is 4.22. The number of rotatable bonds is 5. The van der Waals surface area contributed by atoms with Gasteiger partial charge in [-0.25, -0.2) is 0 Å². The first-order valence-corrected chi connectivity index (χ1v) is 9.42. The highest BCUT2D eigenvalue weighted by Crippen LogP contribution is 2.31. The lowest BCUT2D eigenvalue weighted by atomic mass is 10.1. The topological polar surface area (TPSA) is 59.1 Å². The first-order valence-electron chi connectivity index (χ1n) is 9.04. The zero-order chi connectivity index (χ0) is 20.3. The molecule has 1 unspecified atom stereocenters. The van der Waals surface area contributed by atoms with Gasteiger partial charge in [-0.05, 0) is 55.8 Å². The maximum absolute atomic E-state index is 13.0. The van der Waals surface area contributed by atoms with Crippen LogP contribution in [0, 0.1) is 6.92 Å². The Morgan fingerprint density at radius 3 is 2.57 bits per heavy atom. The number of piperazine rings is 1. The summed E-state index contributed by atoms with van der Waals surface area (Å²) in [5.74, 6) is 0.818. The van der Waals surface area contributed by atoms with Gasteiger partial charge in [-0.3, -0.25) is 9.59 Å². The molecule has 1 aliphatic heterocycles. The van der Waals surface area contributed by atoms with Crippen molar-refractivity contribution in [2.45, 2.75) is 19.9 Å². The number of benzene rings is 2. The number of carbonyl (C=O) groups is 2. The van der Waals surface area contributed by atoms with E-state index < -0.39 is 6.04 Å². The molecule has 0 bridgehead atoms. The minimum Gasteiger partial charge on any atom is -0.495 e. The molecule has 28 heavy (non-hydrogen) atoms. The molecule has 1 heterocycles. The van der Waals surface area contributed by atoms with Crippen molar-refractivity contribution in [1.82, 2.24) is 4.90 Å². The summed E-state index contributed by atoms with van der Waals surface area (Å²) in [6, 6.07) is 11.9. The van der Waals surface area contributed by atoms with E-state index in [4.69, 9.17) is 21.1 Å². The number of amides is 2. The molecule has 2 aromatic carbocycles. The molecule has 0 aromatic heterocycles. The fourth-order valence-corrected chi connectivity index (χ4v) is 3.35. The van der Waals surface area contributed by atoms with E-state index in [1.54, 1.807) is 48.1 Å². The van der Waals surface area contributed by atoms with E-state index in [1.165, 1.54) is 0 Å². The molecule has 1 saturated heterocycles. The number of carbonyl (C=O) groups excluding carboxylic acids is 2. The van der Waals surface area contributed by atoms with Gasteiger partial charge in [0.05, 0.1) is 12.8 Å². The van der Waals surface area contributed by atoms with Crippen molar-refractivity contribution in [1.29, 1.82) is 0 Å². The Hall–Kier alpha value is -2.73. The molecule has 0 N–H and O–H groups in total. The SMILES string of the molecule is COc1ccc(C)cc1N1CCN(C(=O)COc2ccc(Cl)cc2)C(C)C1=O. The molecule has 0 aliphatic carbocycles. The Labute approximate surface area is 169 Å². The zero-order valence-corrected chi connectivity index (χ0v) is 16.9. The van der Waals surface area contributed by atoms with Gasteiger partial charge in [0.1, 0.15) is 17.5 Å². The summed E-state index contributed by atoms with van der Waals surface area (Å²) >= 11 is 5.85. The van der Waals surface area contributed by atoms with E-state index in [-0.39, 0.29) is 18.4 Å². The third-order valence-electron chi connectivity index (χ3n) is 4.78. The van der Waals surface area contributed by atoms with Crippen molar-refractivity contribution in [3.05, 3.63) is 53.1 Å². The highest BCUT2D eigenvalue weighted by Gasteiger charge is 2.36. The maximum Gasteiger partial charge on any atom is 0.261 e. The van der Waals surface area contributed by atoms with Crippen LogP contribution >= 0.6 is 11.6 Å². The van der Waals surface area contributed by atoms with Gasteiger partial charge in [-0.2, -0.15) is 0 Å². The number of nitrogens with zero attached hydrogens (tertiary/aromatic N) is 2. The van der Waals surface area contributed by atoms with E-state index in [0.717, 1.165) is 11.3 Å². The fourth-order valence-electron chi connectivity index (χ4n) is 3.22. The number of halogens is 1. The predicted octanol–water partition coefficient (Wildman–Crippen LogP) is 3.30. The lowest BCUT2D eigenvalue weighted by molar-refractivity contribution is -0.142. The van der Waals surface area contributed by atoms with Gasteiger partial charge in [0.25, 0.3) is 5.91 Å². The smallest absolute Gasteiger partial charge is 0.261 e. The Morgan fingerprint density at radius 1 is 1.18 bits per heavy atom. The predicted molar refractivity (Wildman–Crippen MR) is 108 cm³/mol. The number of ether oxygens (including phenoxy) is 2. The van der Waals surface area contributed by atoms with Crippen LogP contribution in [0.1, 0.15) is 12.5 Å². The Morgan fingerprint density at radius 2 is 1.89 bits per heavy atom. The first kappa shape index (κ1) is 20.0. The summed E-state index contributed by atoms with van der Waals surface area (Å²) < 4.78 is 10.9. The van der Waals surface area contributed by atoms with Gasteiger partial charge in [-0.15, -0.1) is 0 Å². The molecule has 2 aromatic rings. The molecule has 1 atom stereocenters. The van der Waals surface area contributed by atoms with Gasteiger partial charge in [-0.1, -0.05) is 17.7 Å². The quantitative estimate of drug-likeness (QED) is 0.770. The molecule has 2 amide bonds. The summed E-state index contributed by atoms with van der Waals surface area (Å²) in [7, 11) is 1.58. The average molecular weight is 403 g/mol. The number of hydrogen-bond acceptors (Lipinski definition) is 4. The number of aryl methyl sites for hydroxylation is 1. The van der Waals surface area contributed by atoms with Crippen molar-refractivity contribution < 1.29 is 19.1 Å². The number of methoxy groups -OCH3 is 1. The number of hydrogen-bond donors (Lipinski definition) is 0. The van der Waals surface area contributed by atoms with Gasteiger partial charge >= 0.3 is 0 Å². The van der Waals surface area contributed by atoms with Gasteiger partial charge < -0.3 is 19.3 Å². The molecular weight excluding hydrogens is 380 g/mol. The zero-order valence-electron chi connectivity index (χ0n) is 16.1. The second kappa shape index (κ2) is 8.52. The van der Waals surface area contributed by atoms with Crippen LogP contribution in [0.15, 0.2) is 42.5 Å². The first-order chi connectivity index (χ1) is 13.4. The van der Waals surface area contributed by atoms with Crippen molar-refractivity contribution >= 4 is 29.1 Å². The largest absolute Gasteiger partial charge is 0.495 e. The van der Waals surface area contributed by atoms with Crippen LogP contribution in [0.4, 0.5) is 5.69 Å². The van der Waals surface area contributed by atoms with Crippen LogP contribution in [-0.4, -0.2) is 49.6 Å². The lowest BCUT2D eigenvalue weighted by Crippen LogP contribution is -2.58. The molecule has 0 saturated carbocycles. The van der Waals surface area contributed by atoms with Gasteiger partial charge in [0, 0.05) is 18.1 Å².